The summed E-state index contributed by atoms with van der Waals surface area (Å²) in [6.07, 6.45) is 13.7. The Labute approximate surface area is 196 Å². The Kier molecular flexibility index (Phi) is 6.90. The number of carbonyl (C=O) groups is 1. The normalized spacial score (nSPS) is 43.0. The molecule has 0 saturated heterocycles. The minimum absolute atomic E-state index is 0.0361. The average molecular weight is 445 g/mol. The standard InChI is InChI=1S/C29H48O3/c1-18(2)19(3)7-9-23(27(31)32-6)25-12-11-24-22-10-8-20-17-21(30)13-15-28(20,4)26(22)14-16-29(24,25)5/h8,18-19,21-26,30H,7,9-17H2,1-6H3/t19-,21-,22-,23+,24-,25+,26-,28-,29-/m0/s1. The van der Waals surface area contributed by atoms with Crippen molar-refractivity contribution >= 4 is 5.97 Å². The van der Waals surface area contributed by atoms with Crippen LogP contribution in [0.3, 0.4) is 0 Å². The summed E-state index contributed by atoms with van der Waals surface area (Å²) < 4.78 is 5.37. The van der Waals surface area contributed by atoms with Crippen LogP contribution in [0.2, 0.25) is 0 Å². The zero-order valence-electron chi connectivity index (χ0n) is 21.5. The van der Waals surface area contributed by atoms with Gasteiger partial charge in [0.1, 0.15) is 0 Å². The molecule has 0 aliphatic heterocycles. The number of aliphatic hydroxyl groups excluding tert-OH is 1. The van der Waals surface area contributed by atoms with Crippen molar-refractivity contribution in [2.45, 2.75) is 105 Å². The van der Waals surface area contributed by atoms with E-state index in [0.717, 1.165) is 49.9 Å². The summed E-state index contributed by atoms with van der Waals surface area (Å²) in [5.41, 5.74) is 2.10. The smallest absolute Gasteiger partial charge is 0.308 e. The highest BCUT2D eigenvalue weighted by atomic mass is 16.5. The van der Waals surface area contributed by atoms with Gasteiger partial charge in [0.25, 0.3) is 0 Å². The first kappa shape index (κ1) is 24.3. The second-order valence-electron chi connectivity index (χ2n) is 12.8. The van der Waals surface area contributed by atoms with Crippen LogP contribution in [0.5, 0.6) is 0 Å². The van der Waals surface area contributed by atoms with Crippen LogP contribution >= 0.6 is 0 Å². The summed E-state index contributed by atoms with van der Waals surface area (Å²) in [5.74, 6) is 4.09. The molecular weight excluding hydrogens is 396 g/mol. The van der Waals surface area contributed by atoms with E-state index in [1.165, 1.54) is 32.1 Å². The molecule has 4 rings (SSSR count). The van der Waals surface area contributed by atoms with Gasteiger partial charge in [0.05, 0.1) is 19.1 Å². The zero-order valence-corrected chi connectivity index (χ0v) is 21.5. The van der Waals surface area contributed by atoms with Crippen molar-refractivity contribution < 1.29 is 14.6 Å². The third kappa shape index (κ3) is 3.99. The molecule has 3 heteroatoms. The van der Waals surface area contributed by atoms with Crippen molar-refractivity contribution in [2.24, 2.45) is 52.3 Å². The van der Waals surface area contributed by atoms with Crippen LogP contribution in [-0.4, -0.2) is 24.3 Å². The highest BCUT2D eigenvalue weighted by molar-refractivity contribution is 5.72. The SMILES string of the molecule is COC(=O)[C@H](CC[C@H](C)C(C)C)[C@H]1CC[C@H]2[C@@H]3CC=C4C[C@@H](O)CC[C@]4(C)[C@H]3CC[C@]12C. The Morgan fingerprint density at radius 2 is 1.84 bits per heavy atom. The van der Waals surface area contributed by atoms with Gasteiger partial charge < -0.3 is 9.84 Å². The Morgan fingerprint density at radius 3 is 2.53 bits per heavy atom. The molecule has 1 N–H and O–H groups in total. The largest absolute Gasteiger partial charge is 0.469 e. The lowest BCUT2D eigenvalue weighted by Gasteiger charge is -2.58. The number of fused-ring (bicyclic) bond motifs is 5. The van der Waals surface area contributed by atoms with E-state index in [2.05, 4.69) is 40.7 Å². The molecule has 0 heterocycles. The van der Waals surface area contributed by atoms with Gasteiger partial charge in [0.15, 0.2) is 0 Å². The molecule has 4 aliphatic rings. The van der Waals surface area contributed by atoms with Gasteiger partial charge >= 0.3 is 5.97 Å². The fourth-order valence-corrected chi connectivity index (χ4v) is 8.75. The molecule has 0 amide bonds. The summed E-state index contributed by atoms with van der Waals surface area (Å²) in [7, 11) is 1.58. The van der Waals surface area contributed by atoms with E-state index in [0.29, 0.717) is 17.8 Å². The lowest BCUT2D eigenvalue weighted by molar-refractivity contribution is -0.151. The highest BCUT2D eigenvalue weighted by Crippen LogP contribution is 2.67. The summed E-state index contributed by atoms with van der Waals surface area (Å²) in [5, 5.41) is 10.3. The van der Waals surface area contributed by atoms with Crippen LogP contribution in [0.1, 0.15) is 98.8 Å². The zero-order chi connectivity index (χ0) is 23.3. The predicted molar refractivity (Wildman–Crippen MR) is 130 cm³/mol. The van der Waals surface area contributed by atoms with Crippen molar-refractivity contribution in [1.82, 2.24) is 0 Å². The molecule has 3 fully saturated rings. The number of rotatable bonds is 6. The van der Waals surface area contributed by atoms with E-state index < -0.39 is 0 Å². The molecule has 32 heavy (non-hydrogen) atoms. The molecule has 0 aromatic carbocycles. The molecule has 182 valence electrons. The first-order valence-corrected chi connectivity index (χ1v) is 13.6. The van der Waals surface area contributed by atoms with E-state index in [4.69, 9.17) is 4.74 Å². The monoisotopic (exact) mass is 444 g/mol. The van der Waals surface area contributed by atoms with Crippen LogP contribution in [-0.2, 0) is 9.53 Å². The number of hydrogen-bond donors (Lipinski definition) is 1. The van der Waals surface area contributed by atoms with Crippen LogP contribution in [0.15, 0.2) is 11.6 Å². The Hall–Kier alpha value is -0.830. The molecule has 3 nitrogen and oxygen atoms in total. The van der Waals surface area contributed by atoms with Crippen molar-refractivity contribution in [2.75, 3.05) is 7.11 Å². The lowest BCUT2D eigenvalue weighted by Crippen LogP contribution is -2.51. The highest BCUT2D eigenvalue weighted by Gasteiger charge is 2.60. The number of carbonyl (C=O) groups excluding carboxylic acids is 1. The molecule has 0 bridgehead atoms. The Morgan fingerprint density at radius 1 is 1.09 bits per heavy atom. The molecule has 0 unspecified atom stereocenters. The number of aliphatic hydroxyl groups is 1. The van der Waals surface area contributed by atoms with Gasteiger partial charge in [-0.2, -0.15) is 0 Å². The minimum Gasteiger partial charge on any atom is -0.469 e. The van der Waals surface area contributed by atoms with Crippen molar-refractivity contribution in [3.63, 3.8) is 0 Å². The van der Waals surface area contributed by atoms with Crippen LogP contribution in [0.25, 0.3) is 0 Å². The number of ether oxygens (including phenoxy) is 1. The van der Waals surface area contributed by atoms with Gasteiger partial charge in [-0.05, 0) is 111 Å². The first-order chi connectivity index (χ1) is 15.1. The fraction of sp³-hybridized carbons (Fsp3) is 0.897. The second kappa shape index (κ2) is 9.08. The Balaban J connectivity index is 1.55. The second-order valence-corrected chi connectivity index (χ2v) is 12.8. The van der Waals surface area contributed by atoms with Gasteiger partial charge in [-0.25, -0.2) is 0 Å². The molecule has 3 saturated carbocycles. The number of esters is 1. The van der Waals surface area contributed by atoms with Gasteiger partial charge in [0.2, 0.25) is 0 Å². The van der Waals surface area contributed by atoms with Crippen molar-refractivity contribution in [3.05, 3.63) is 11.6 Å². The average Bonchev–Trinajstić information content (AvgIpc) is 3.11. The quantitative estimate of drug-likeness (QED) is 0.362. The third-order valence-electron chi connectivity index (χ3n) is 11.2. The van der Waals surface area contributed by atoms with E-state index in [9.17, 15) is 9.90 Å². The van der Waals surface area contributed by atoms with Gasteiger partial charge in [-0.15, -0.1) is 0 Å². The first-order valence-electron chi connectivity index (χ1n) is 13.6. The topological polar surface area (TPSA) is 46.5 Å². The number of allylic oxidation sites excluding steroid dienone is 1. The summed E-state index contributed by atoms with van der Waals surface area (Å²) in [6, 6.07) is 0. The molecule has 0 radical (unpaired) electrons. The summed E-state index contributed by atoms with van der Waals surface area (Å²) >= 11 is 0. The third-order valence-corrected chi connectivity index (χ3v) is 11.2. The summed E-state index contributed by atoms with van der Waals surface area (Å²) in [6.45, 7) is 11.9. The molecule has 4 aliphatic carbocycles. The van der Waals surface area contributed by atoms with Crippen LogP contribution < -0.4 is 0 Å². The molecule has 0 aromatic rings. The molecule has 0 spiro atoms. The van der Waals surface area contributed by atoms with Crippen molar-refractivity contribution in [3.8, 4) is 0 Å². The van der Waals surface area contributed by atoms with Crippen molar-refractivity contribution in [1.29, 1.82) is 0 Å². The van der Waals surface area contributed by atoms with E-state index in [1.54, 1.807) is 12.7 Å². The molecule has 0 aromatic heterocycles. The van der Waals surface area contributed by atoms with Crippen LogP contribution in [0, 0.1) is 52.3 Å². The lowest BCUT2D eigenvalue weighted by atomic mass is 9.47. The number of hydrogen-bond acceptors (Lipinski definition) is 3. The van der Waals surface area contributed by atoms with E-state index >= 15 is 0 Å². The summed E-state index contributed by atoms with van der Waals surface area (Å²) in [4.78, 5) is 13.0. The van der Waals surface area contributed by atoms with Crippen LogP contribution in [0.4, 0.5) is 0 Å². The Bertz CT molecular complexity index is 726. The van der Waals surface area contributed by atoms with E-state index in [-0.39, 0.29) is 28.8 Å². The maximum atomic E-state index is 13.0. The maximum absolute atomic E-state index is 13.0. The maximum Gasteiger partial charge on any atom is 0.308 e. The van der Waals surface area contributed by atoms with Gasteiger partial charge in [-0.3, -0.25) is 4.79 Å². The molecular formula is C29H48O3. The fourth-order valence-electron chi connectivity index (χ4n) is 8.75. The minimum atomic E-state index is -0.135. The van der Waals surface area contributed by atoms with E-state index in [1.807, 2.05) is 0 Å². The number of methoxy groups -OCH3 is 1. The van der Waals surface area contributed by atoms with Gasteiger partial charge in [0, 0.05) is 0 Å². The predicted octanol–water partition coefficient (Wildman–Crippen LogP) is 6.79. The molecule has 9 atom stereocenters. The van der Waals surface area contributed by atoms with Gasteiger partial charge in [-0.1, -0.05) is 46.3 Å².